The molecule has 86 valence electrons. The highest BCUT2D eigenvalue weighted by Gasteiger charge is 2.02. The van der Waals surface area contributed by atoms with Gasteiger partial charge in [0.05, 0.1) is 0 Å². The molecule has 1 heterocycles. The fourth-order valence-electron chi connectivity index (χ4n) is 1.45. The normalized spacial score (nSPS) is 10.7. The maximum Gasteiger partial charge on any atom is 0.220 e. The number of halogens is 1. The minimum Gasteiger partial charge on any atom is -0.438 e. The van der Waals surface area contributed by atoms with Crippen LogP contribution in [0.2, 0.25) is 5.15 Å². The quantitative estimate of drug-likeness (QED) is 0.740. The summed E-state index contributed by atoms with van der Waals surface area (Å²) in [4.78, 5) is 4.09. The minimum absolute atomic E-state index is 0.422. The van der Waals surface area contributed by atoms with Gasteiger partial charge in [0.15, 0.2) is 0 Å². The van der Waals surface area contributed by atoms with Crippen LogP contribution in [0.3, 0.4) is 0 Å². The van der Waals surface area contributed by atoms with Gasteiger partial charge in [-0.3, -0.25) is 0 Å². The Kier molecular flexibility index (Phi) is 3.78. The molecule has 2 nitrogen and oxygen atoms in total. The monoisotopic (exact) mass is 245 g/mol. The molecule has 2 rings (SSSR count). The summed E-state index contributed by atoms with van der Waals surface area (Å²) in [5.41, 5.74) is 1.01. The molecule has 0 saturated carbocycles. The summed E-state index contributed by atoms with van der Waals surface area (Å²) >= 11 is 5.81. The second-order valence-electron chi connectivity index (χ2n) is 3.44. The number of nitrogens with zero attached hydrogens (tertiary/aromatic N) is 1. The third-order valence-electron chi connectivity index (χ3n) is 2.17. The first-order chi connectivity index (χ1) is 8.29. The maximum absolute atomic E-state index is 5.81. The third kappa shape index (κ3) is 3.08. The van der Waals surface area contributed by atoms with Crippen LogP contribution in [0.5, 0.6) is 11.6 Å². The second-order valence-corrected chi connectivity index (χ2v) is 3.83. The van der Waals surface area contributed by atoms with E-state index in [1.54, 1.807) is 12.1 Å². The van der Waals surface area contributed by atoms with Gasteiger partial charge in [0.1, 0.15) is 10.9 Å². The van der Waals surface area contributed by atoms with Crippen molar-refractivity contribution < 1.29 is 4.74 Å². The van der Waals surface area contributed by atoms with E-state index in [1.165, 1.54) is 0 Å². The minimum atomic E-state index is 0.422. The van der Waals surface area contributed by atoms with Crippen LogP contribution < -0.4 is 4.74 Å². The molecule has 1 aromatic carbocycles. The van der Waals surface area contributed by atoms with Gasteiger partial charge in [0, 0.05) is 11.6 Å². The van der Waals surface area contributed by atoms with Crippen LogP contribution in [0, 0.1) is 0 Å². The van der Waals surface area contributed by atoms with E-state index < -0.39 is 0 Å². The molecule has 0 unspecified atom stereocenters. The molecule has 0 aliphatic carbocycles. The summed E-state index contributed by atoms with van der Waals surface area (Å²) in [7, 11) is 0. The summed E-state index contributed by atoms with van der Waals surface area (Å²) < 4.78 is 5.70. The van der Waals surface area contributed by atoms with Crippen molar-refractivity contribution in [3.05, 3.63) is 59.3 Å². The summed E-state index contributed by atoms with van der Waals surface area (Å²) in [6.07, 6.45) is 3.95. The molecule has 2 aromatic rings. The number of hydrogen-bond acceptors (Lipinski definition) is 2. The predicted octanol–water partition coefficient (Wildman–Crippen LogP) is 4.56. The van der Waals surface area contributed by atoms with Crippen molar-refractivity contribution in [2.45, 2.75) is 6.92 Å². The van der Waals surface area contributed by atoms with Crippen LogP contribution in [0.1, 0.15) is 12.5 Å². The molecule has 3 heteroatoms. The summed E-state index contributed by atoms with van der Waals surface area (Å²) in [6, 6.07) is 13.1. The number of rotatable bonds is 3. The standard InChI is InChI=1S/C14H12ClNO/c1-2-6-11-7-3-4-8-12(11)17-14-10-5-9-13(15)16-14/h2-10H,1H3. The average molecular weight is 246 g/mol. The van der Waals surface area contributed by atoms with Crippen molar-refractivity contribution in [2.24, 2.45) is 0 Å². The van der Waals surface area contributed by atoms with Crippen LogP contribution in [-0.4, -0.2) is 4.98 Å². The molecule has 0 amide bonds. The number of pyridine rings is 1. The largest absolute Gasteiger partial charge is 0.438 e. The van der Waals surface area contributed by atoms with Gasteiger partial charge in [0.25, 0.3) is 0 Å². The summed E-state index contributed by atoms with van der Waals surface area (Å²) in [6.45, 7) is 1.97. The Hall–Kier alpha value is -1.80. The van der Waals surface area contributed by atoms with E-state index in [4.69, 9.17) is 16.3 Å². The molecule has 0 aliphatic heterocycles. The van der Waals surface area contributed by atoms with E-state index in [-0.39, 0.29) is 0 Å². The molecule has 0 fully saturated rings. The van der Waals surface area contributed by atoms with E-state index in [1.807, 2.05) is 49.4 Å². The number of benzene rings is 1. The van der Waals surface area contributed by atoms with Crippen molar-refractivity contribution in [1.82, 2.24) is 4.98 Å². The Morgan fingerprint density at radius 1 is 1.12 bits per heavy atom. The molecule has 0 bridgehead atoms. The summed E-state index contributed by atoms with van der Waals surface area (Å²) in [5.74, 6) is 1.26. The Balaban J connectivity index is 2.29. The number of aromatic nitrogens is 1. The Morgan fingerprint density at radius 3 is 2.71 bits per heavy atom. The third-order valence-corrected chi connectivity index (χ3v) is 2.38. The van der Waals surface area contributed by atoms with Crippen LogP contribution in [0.25, 0.3) is 6.08 Å². The SMILES string of the molecule is CC=Cc1ccccc1Oc1cccc(Cl)n1. The van der Waals surface area contributed by atoms with Crippen LogP contribution >= 0.6 is 11.6 Å². The number of allylic oxidation sites excluding steroid dienone is 1. The highest BCUT2D eigenvalue weighted by atomic mass is 35.5. The van der Waals surface area contributed by atoms with Crippen LogP contribution in [0.4, 0.5) is 0 Å². The first-order valence-corrected chi connectivity index (χ1v) is 5.69. The first kappa shape index (κ1) is 11.7. The van der Waals surface area contributed by atoms with Gasteiger partial charge < -0.3 is 4.74 Å². The van der Waals surface area contributed by atoms with Crippen molar-refractivity contribution in [2.75, 3.05) is 0 Å². The van der Waals surface area contributed by atoms with E-state index >= 15 is 0 Å². The van der Waals surface area contributed by atoms with E-state index in [9.17, 15) is 0 Å². The fraction of sp³-hybridized carbons (Fsp3) is 0.0714. The van der Waals surface area contributed by atoms with Gasteiger partial charge >= 0.3 is 0 Å². The van der Waals surface area contributed by atoms with Gasteiger partial charge in [-0.25, -0.2) is 4.98 Å². The zero-order chi connectivity index (χ0) is 12.1. The molecule has 0 N–H and O–H groups in total. The van der Waals surface area contributed by atoms with Crippen molar-refractivity contribution in [3.63, 3.8) is 0 Å². The summed E-state index contributed by atoms with van der Waals surface area (Å²) in [5, 5.41) is 0.422. The van der Waals surface area contributed by atoms with Crippen molar-refractivity contribution in [3.8, 4) is 11.6 Å². The highest BCUT2D eigenvalue weighted by molar-refractivity contribution is 6.29. The average Bonchev–Trinajstić information content (AvgIpc) is 2.32. The first-order valence-electron chi connectivity index (χ1n) is 5.32. The van der Waals surface area contributed by atoms with E-state index in [2.05, 4.69) is 4.98 Å². The van der Waals surface area contributed by atoms with Crippen molar-refractivity contribution in [1.29, 1.82) is 0 Å². The smallest absolute Gasteiger partial charge is 0.220 e. The molecule has 0 radical (unpaired) electrons. The lowest BCUT2D eigenvalue weighted by Gasteiger charge is -2.07. The van der Waals surface area contributed by atoms with Crippen molar-refractivity contribution >= 4 is 17.7 Å². The lowest BCUT2D eigenvalue weighted by molar-refractivity contribution is 0.462. The number of para-hydroxylation sites is 1. The molecule has 0 atom stereocenters. The zero-order valence-electron chi connectivity index (χ0n) is 9.43. The number of hydrogen-bond donors (Lipinski definition) is 0. The van der Waals surface area contributed by atoms with E-state index in [0.29, 0.717) is 11.0 Å². The highest BCUT2D eigenvalue weighted by Crippen LogP contribution is 2.25. The van der Waals surface area contributed by atoms with E-state index in [0.717, 1.165) is 11.3 Å². The molecular weight excluding hydrogens is 234 g/mol. The topological polar surface area (TPSA) is 22.1 Å². The predicted molar refractivity (Wildman–Crippen MR) is 70.5 cm³/mol. The second kappa shape index (κ2) is 5.51. The lowest BCUT2D eigenvalue weighted by atomic mass is 10.2. The lowest BCUT2D eigenvalue weighted by Crippen LogP contribution is -1.89. The Bertz CT molecular complexity index is 537. The van der Waals surface area contributed by atoms with Crippen LogP contribution in [0.15, 0.2) is 48.5 Å². The van der Waals surface area contributed by atoms with Gasteiger partial charge in [-0.2, -0.15) is 0 Å². The number of ether oxygens (including phenoxy) is 1. The molecule has 0 spiro atoms. The van der Waals surface area contributed by atoms with Gasteiger partial charge in [-0.05, 0) is 19.1 Å². The van der Waals surface area contributed by atoms with Crippen LogP contribution in [-0.2, 0) is 0 Å². The molecule has 1 aromatic heterocycles. The Labute approximate surface area is 106 Å². The Morgan fingerprint density at radius 2 is 1.94 bits per heavy atom. The maximum atomic E-state index is 5.81. The zero-order valence-corrected chi connectivity index (χ0v) is 10.2. The fourth-order valence-corrected chi connectivity index (χ4v) is 1.61. The molecule has 0 aliphatic rings. The van der Waals surface area contributed by atoms with Gasteiger partial charge in [0.2, 0.25) is 5.88 Å². The van der Waals surface area contributed by atoms with Gasteiger partial charge in [-0.15, -0.1) is 0 Å². The molecular formula is C14H12ClNO. The van der Waals surface area contributed by atoms with Gasteiger partial charge in [-0.1, -0.05) is 48.0 Å². The molecule has 0 saturated heterocycles. The molecule has 17 heavy (non-hydrogen) atoms.